The third-order valence-corrected chi connectivity index (χ3v) is 4.36. The van der Waals surface area contributed by atoms with Crippen LogP contribution in [0.3, 0.4) is 0 Å². The van der Waals surface area contributed by atoms with Gasteiger partial charge in [-0.05, 0) is 44.8 Å². The Morgan fingerprint density at radius 1 is 1.22 bits per heavy atom. The maximum absolute atomic E-state index is 10.5. The van der Waals surface area contributed by atoms with Gasteiger partial charge < -0.3 is 10.2 Å². The van der Waals surface area contributed by atoms with Gasteiger partial charge in [0.1, 0.15) is 0 Å². The molecule has 0 spiro atoms. The van der Waals surface area contributed by atoms with Crippen LogP contribution in [0.25, 0.3) is 0 Å². The van der Waals surface area contributed by atoms with Crippen LogP contribution in [-0.2, 0) is 4.79 Å². The highest BCUT2D eigenvalue weighted by atomic mass is 16.4. The normalized spacial score (nSPS) is 23.1. The summed E-state index contributed by atoms with van der Waals surface area (Å²) in [6.45, 7) is 10.0. The van der Waals surface area contributed by atoms with Crippen LogP contribution >= 0.6 is 0 Å². The summed E-state index contributed by atoms with van der Waals surface area (Å²) in [4.78, 5) is 10.5. The predicted molar refractivity (Wildman–Crippen MR) is 95.2 cm³/mol. The minimum Gasteiger partial charge on any atom is -0.478 e. The third kappa shape index (κ3) is 5.68. The Morgan fingerprint density at radius 3 is 2.48 bits per heavy atom. The summed E-state index contributed by atoms with van der Waals surface area (Å²) in [5, 5.41) is 18.9. The minimum atomic E-state index is -0.937. The molecule has 3 heteroatoms. The van der Waals surface area contributed by atoms with Gasteiger partial charge in [0.05, 0.1) is 6.10 Å². The highest BCUT2D eigenvalue weighted by Gasteiger charge is 2.34. The van der Waals surface area contributed by atoms with Gasteiger partial charge in [0.25, 0.3) is 0 Å². The van der Waals surface area contributed by atoms with Crippen molar-refractivity contribution in [1.82, 2.24) is 0 Å². The molecule has 0 aliphatic heterocycles. The molecule has 0 fully saturated rings. The topological polar surface area (TPSA) is 57.5 Å². The number of aliphatic hydroxyl groups is 1. The first-order chi connectivity index (χ1) is 10.6. The number of carbonyl (C=O) groups is 1. The van der Waals surface area contributed by atoms with Crippen LogP contribution in [0.4, 0.5) is 0 Å². The van der Waals surface area contributed by atoms with Gasteiger partial charge in [0.15, 0.2) is 0 Å². The summed E-state index contributed by atoms with van der Waals surface area (Å²) in [5.74, 6) is -0.937. The van der Waals surface area contributed by atoms with Crippen LogP contribution in [-0.4, -0.2) is 22.3 Å². The molecule has 1 atom stereocenters. The zero-order valence-electron chi connectivity index (χ0n) is 14.8. The maximum Gasteiger partial charge on any atom is 0.328 e. The molecule has 1 aliphatic carbocycles. The Balaban J connectivity index is 2.85. The van der Waals surface area contributed by atoms with E-state index in [1.165, 1.54) is 17.2 Å². The van der Waals surface area contributed by atoms with Crippen LogP contribution in [0, 0.1) is 5.41 Å². The van der Waals surface area contributed by atoms with Crippen LogP contribution < -0.4 is 0 Å². The van der Waals surface area contributed by atoms with Gasteiger partial charge in [-0.3, -0.25) is 0 Å². The molecule has 0 aromatic carbocycles. The molecule has 1 unspecified atom stereocenters. The van der Waals surface area contributed by atoms with Crippen molar-refractivity contribution in [1.29, 1.82) is 0 Å². The van der Waals surface area contributed by atoms with E-state index in [9.17, 15) is 9.90 Å². The van der Waals surface area contributed by atoms with Crippen molar-refractivity contribution in [3.8, 4) is 0 Å². The van der Waals surface area contributed by atoms with Gasteiger partial charge in [-0.25, -0.2) is 4.79 Å². The van der Waals surface area contributed by atoms with E-state index in [0.717, 1.165) is 18.4 Å². The molecule has 3 nitrogen and oxygen atoms in total. The van der Waals surface area contributed by atoms with Gasteiger partial charge in [0.2, 0.25) is 0 Å². The molecule has 126 valence electrons. The second kappa shape index (κ2) is 8.11. The van der Waals surface area contributed by atoms with E-state index in [1.807, 2.05) is 25.2 Å². The predicted octanol–water partition coefficient (Wildman–Crippen LogP) is 4.57. The van der Waals surface area contributed by atoms with E-state index in [0.29, 0.717) is 5.57 Å². The second-order valence-electron chi connectivity index (χ2n) is 6.80. The number of hydrogen-bond donors (Lipinski definition) is 2. The highest BCUT2D eigenvalue weighted by molar-refractivity contribution is 5.81. The summed E-state index contributed by atoms with van der Waals surface area (Å²) in [6.07, 6.45) is 12.3. The number of aliphatic carboxylic acids is 1. The van der Waals surface area contributed by atoms with Gasteiger partial charge >= 0.3 is 5.97 Å². The van der Waals surface area contributed by atoms with Crippen LogP contribution in [0.5, 0.6) is 0 Å². The molecule has 2 N–H and O–H groups in total. The standard InChI is InChI=1S/C20H28O3/c1-14(7-6-8-15(2)13-19(22)23)9-11-17-16(3)10-12-18(21)20(17,4)5/h6-9,11,13,18,21H,10,12H2,1-5H3,(H,22,23)/b8-6+,11-9+,14-7-,15-13-. The fraction of sp³-hybridized carbons (Fsp3) is 0.450. The van der Waals surface area contributed by atoms with Gasteiger partial charge in [-0.15, -0.1) is 0 Å². The average Bonchev–Trinajstić information content (AvgIpc) is 2.42. The first kappa shape index (κ1) is 19.2. The molecular formula is C20H28O3. The molecule has 1 rings (SSSR count). The number of hydrogen-bond acceptors (Lipinski definition) is 2. The molecule has 0 bridgehead atoms. The van der Waals surface area contributed by atoms with Gasteiger partial charge in [-0.2, -0.15) is 0 Å². The molecule has 23 heavy (non-hydrogen) atoms. The number of carboxylic acids is 1. The van der Waals surface area contributed by atoms with Crippen LogP contribution in [0.15, 0.2) is 58.7 Å². The number of carboxylic acid groups (broad SMARTS) is 1. The molecule has 0 radical (unpaired) electrons. The summed E-state index contributed by atoms with van der Waals surface area (Å²) >= 11 is 0. The zero-order valence-corrected chi connectivity index (χ0v) is 14.8. The lowest BCUT2D eigenvalue weighted by atomic mass is 9.70. The fourth-order valence-corrected chi connectivity index (χ4v) is 2.80. The summed E-state index contributed by atoms with van der Waals surface area (Å²) in [6, 6.07) is 0. The van der Waals surface area contributed by atoms with E-state index >= 15 is 0 Å². The molecule has 0 saturated carbocycles. The first-order valence-corrected chi connectivity index (χ1v) is 7.97. The molecule has 0 aromatic rings. The van der Waals surface area contributed by atoms with Crippen LogP contribution in [0.2, 0.25) is 0 Å². The Bertz CT molecular complexity index is 598. The molecule has 0 heterocycles. The lowest BCUT2D eigenvalue weighted by molar-refractivity contribution is -0.131. The summed E-state index contributed by atoms with van der Waals surface area (Å²) < 4.78 is 0. The second-order valence-corrected chi connectivity index (χ2v) is 6.80. The van der Waals surface area contributed by atoms with E-state index < -0.39 is 5.97 Å². The quantitative estimate of drug-likeness (QED) is 0.577. The Hall–Kier alpha value is -1.87. The van der Waals surface area contributed by atoms with E-state index in [1.54, 1.807) is 13.0 Å². The van der Waals surface area contributed by atoms with E-state index in [4.69, 9.17) is 5.11 Å². The number of rotatable bonds is 5. The monoisotopic (exact) mass is 316 g/mol. The Morgan fingerprint density at radius 2 is 1.87 bits per heavy atom. The Kier molecular flexibility index (Phi) is 6.77. The molecule has 0 saturated heterocycles. The van der Waals surface area contributed by atoms with Crippen molar-refractivity contribution in [2.45, 2.75) is 53.6 Å². The third-order valence-electron chi connectivity index (χ3n) is 4.36. The fourth-order valence-electron chi connectivity index (χ4n) is 2.80. The lowest BCUT2D eigenvalue weighted by Gasteiger charge is -2.37. The van der Waals surface area contributed by atoms with Gasteiger partial charge in [-0.1, -0.05) is 55.4 Å². The highest BCUT2D eigenvalue weighted by Crippen LogP contribution is 2.41. The van der Waals surface area contributed by atoms with Crippen molar-refractivity contribution in [3.63, 3.8) is 0 Å². The van der Waals surface area contributed by atoms with Crippen molar-refractivity contribution in [2.75, 3.05) is 0 Å². The SMILES string of the molecule is CC1=C(/C=C/C(C)=C\C=C\C(C)=C/C(=O)O)C(C)(C)C(O)CC1. The zero-order chi connectivity index (χ0) is 17.6. The van der Waals surface area contributed by atoms with Crippen molar-refractivity contribution in [3.05, 3.63) is 58.7 Å². The molecular weight excluding hydrogens is 288 g/mol. The summed E-state index contributed by atoms with van der Waals surface area (Å²) in [7, 11) is 0. The minimum absolute atomic E-state index is 0.226. The largest absolute Gasteiger partial charge is 0.478 e. The van der Waals surface area contributed by atoms with Crippen molar-refractivity contribution in [2.24, 2.45) is 5.41 Å². The number of allylic oxidation sites excluding steroid dienone is 8. The van der Waals surface area contributed by atoms with E-state index in [-0.39, 0.29) is 11.5 Å². The van der Waals surface area contributed by atoms with Gasteiger partial charge in [0, 0.05) is 11.5 Å². The maximum atomic E-state index is 10.5. The average molecular weight is 316 g/mol. The first-order valence-electron chi connectivity index (χ1n) is 7.97. The van der Waals surface area contributed by atoms with Crippen LogP contribution in [0.1, 0.15) is 47.5 Å². The summed E-state index contributed by atoms with van der Waals surface area (Å²) in [5.41, 5.74) is 4.08. The Labute approximate surface area is 139 Å². The van der Waals surface area contributed by atoms with E-state index in [2.05, 4.69) is 26.8 Å². The molecule has 0 aromatic heterocycles. The lowest BCUT2D eigenvalue weighted by Crippen LogP contribution is -2.34. The molecule has 0 amide bonds. The smallest absolute Gasteiger partial charge is 0.328 e. The number of aliphatic hydroxyl groups excluding tert-OH is 1. The molecule has 1 aliphatic rings. The van der Waals surface area contributed by atoms with Crippen molar-refractivity contribution >= 4 is 5.97 Å². The van der Waals surface area contributed by atoms with Crippen molar-refractivity contribution < 1.29 is 15.0 Å².